The van der Waals surface area contributed by atoms with Crippen molar-refractivity contribution in [2.75, 3.05) is 54.5 Å². The van der Waals surface area contributed by atoms with Crippen LogP contribution in [0.1, 0.15) is 12.8 Å². The molecule has 2 atom stereocenters. The summed E-state index contributed by atoms with van der Waals surface area (Å²) in [6.45, 7) is 4.15. The van der Waals surface area contributed by atoms with Gasteiger partial charge in [0, 0.05) is 46.3 Å². The second-order valence-electron chi connectivity index (χ2n) is 5.38. The maximum absolute atomic E-state index is 5.87. The first-order chi connectivity index (χ1) is 8.60. The number of hydrogen-bond donors (Lipinski definition) is 1. The third kappa shape index (κ3) is 4.82. The van der Waals surface area contributed by atoms with Crippen LogP contribution >= 0.6 is 0 Å². The molecule has 108 valence electrons. The minimum Gasteiger partial charge on any atom is -0.356 e. The Morgan fingerprint density at radius 2 is 2.06 bits per heavy atom. The lowest BCUT2D eigenvalue weighted by molar-refractivity contribution is -0.116. The molecule has 0 aliphatic carbocycles. The summed E-state index contributed by atoms with van der Waals surface area (Å²) in [5, 5.41) is 0. The first-order valence-electron chi connectivity index (χ1n) is 6.75. The molecule has 1 aliphatic heterocycles. The molecule has 1 aliphatic rings. The molecular weight excluding hydrogens is 230 g/mol. The van der Waals surface area contributed by atoms with Crippen molar-refractivity contribution in [3.05, 3.63) is 0 Å². The molecule has 2 unspecified atom stereocenters. The second kappa shape index (κ2) is 8.07. The summed E-state index contributed by atoms with van der Waals surface area (Å²) in [6, 6.07) is 0.320. The minimum absolute atomic E-state index is 0.160. The molecule has 0 spiro atoms. The second-order valence-corrected chi connectivity index (χ2v) is 5.38. The van der Waals surface area contributed by atoms with Crippen LogP contribution in [0.3, 0.4) is 0 Å². The Morgan fingerprint density at radius 3 is 2.50 bits per heavy atom. The van der Waals surface area contributed by atoms with Crippen molar-refractivity contribution in [3.8, 4) is 0 Å². The molecule has 1 saturated heterocycles. The Morgan fingerprint density at radius 1 is 1.39 bits per heavy atom. The highest BCUT2D eigenvalue weighted by Gasteiger charge is 2.25. The molecule has 0 bridgehead atoms. The quantitative estimate of drug-likeness (QED) is 0.631. The van der Waals surface area contributed by atoms with Crippen molar-refractivity contribution in [1.82, 2.24) is 9.80 Å². The first kappa shape index (κ1) is 15.9. The normalized spacial score (nSPS) is 23.2. The fourth-order valence-corrected chi connectivity index (χ4v) is 2.70. The lowest BCUT2D eigenvalue weighted by Gasteiger charge is -2.31. The summed E-state index contributed by atoms with van der Waals surface area (Å²) in [4.78, 5) is 4.75. The molecule has 1 heterocycles. The highest BCUT2D eigenvalue weighted by molar-refractivity contribution is 4.79. The summed E-state index contributed by atoms with van der Waals surface area (Å²) >= 11 is 0. The van der Waals surface area contributed by atoms with Gasteiger partial charge in [-0.05, 0) is 33.0 Å². The van der Waals surface area contributed by atoms with Gasteiger partial charge in [-0.25, -0.2) is 0 Å². The molecule has 0 aromatic carbocycles. The van der Waals surface area contributed by atoms with Crippen LogP contribution in [-0.4, -0.2) is 76.6 Å². The zero-order valence-corrected chi connectivity index (χ0v) is 12.3. The number of likely N-dealkylation sites (tertiary alicyclic amines) is 1. The van der Waals surface area contributed by atoms with Gasteiger partial charge >= 0.3 is 0 Å². The van der Waals surface area contributed by atoms with Gasteiger partial charge in [-0.3, -0.25) is 0 Å². The first-order valence-corrected chi connectivity index (χ1v) is 6.75. The van der Waals surface area contributed by atoms with Gasteiger partial charge in [-0.1, -0.05) is 0 Å². The van der Waals surface area contributed by atoms with Gasteiger partial charge in [0.2, 0.25) is 0 Å². The topological polar surface area (TPSA) is 51.0 Å². The van der Waals surface area contributed by atoms with Crippen molar-refractivity contribution in [3.63, 3.8) is 0 Å². The molecule has 1 rings (SSSR count). The summed E-state index contributed by atoms with van der Waals surface area (Å²) in [5.41, 5.74) is 5.87. The molecule has 2 N–H and O–H groups in total. The van der Waals surface area contributed by atoms with Crippen molar-refractivity contribution < 1.29 is 9.47 Å². The highest BCUT2D eigenvalue weighted by atomic mass is 16.7. The maximum atomic E-state index is 5.87. The Labute approximate surface area is 111 Å². The van der Waals surface area contributed by atoms with Crippen molar-refractivity contribution in [2.24, 2.45) is 11.7 Å². The lowest BCUT2D eigenvalue weighted by atomic mass is 10.1. The van der Waals surface area contributed by atoms with E-state index < -0.39 is 0 Å². The van der Waals surface area contributed by atoms with E-state index in [4.69, 9.17) is 15.2 Å². The Bertz CT molecular complexity index is 224. The molecule has 0 aromatic heterocycles. The summed E-state index contributed by atoms with van der Waals surface area (Å²) in [6.07, 6.45) is 1.95. The van der Waals surface area contributed by atoms with Crippen LogP contribution in [-0.2, 0) is 9.47 Å². The van der Waals surface area contributed by atoms with E-state index in [1.807, 2.05) is 0 Å². The van der Waals surface area contributed by atoms with Crippen LogP contribution in [0.25, 0.3) is 0 Å². The van der Waals surface area contributed by atoms with Crippen LogP contribution in [0.5, 0.6) is 0 Å². The number of ether oxygens (including phenoxy) is 2. The number of hydrogen-bond acceptors (Lipinski definition) is 5. The average molecular weight is 259 g/mol. The molecule has 18 heavy (non-hydrogen) atoms. The van der Waals surface area contributed by atoms with Gasteiger partial charge in [-0.2, -0.15) is 0 Å². The molecule has 5 heteroatoms. The van der Waals surface area contributed by atoms with Gasteiger partial charge < -0.3 is 25.0 Å². The van der Waals surface area contributed by atoms with Gasteiger partial charge in [-0.15, -0.1) is 0 Å². The molecular formula is C13H29N3O2. The average Bonchev–Trinajstić information content (AvgIpc) is 2.76. The van der Waals surface area contributed by atoms with Crippen molar-refractivity contribution >= 4 is 0 Å². The number of rotatable bonds is 8. The van der Waals surface area contributed by atoms with E-state index in [0.29, 0.717) is 12.6 Å². The smallest absolute Gasteiger partial charge is 0.158 e. The largest absolute Gasteiger partial charge is 0.356 e. The Balaban J connectivity index is 2.38. The van der Waals surface area contributed by atoms with E-state index in [1.165, 1.54) is 19.5 Å². The van der Waals surface area contributed by atoms with E-state index >= 15 is 0 Å². The number of methoxy groups -OCH3 is 2. The Hall–Kier alpha value is -0.200. The standard InChI is InChI=1S/C13H29N3O2/c1-15-6-5-11(9-15)10-16(2)12(8-14)7-13(17-3)18-4/h11-13H,5-10,14H2,1-4H3. The summed E-state index contributed by atoms with van der Waals surface area (Å²) in [7, 11) is 7.69. The van der Waals surface area contributed by atoms with E-state index in [-0.39, 0.29) is 6.29 Å². The zero-order valence-electron chi connectivity index (χ0n) is 12.3. The molecule has 0 aromatic rings. The molecule has 5 nitrogen and oxygen atoms in total. The van der Waals surface area contributed by atoms with Crippen LogP contribution in [0, 0.1) is 5.92 Å². The summed E-state index contributed by atoms with van der Waals surface area (Å²) < 4.78 is 10.5. The lowest BCUT2D eigenvalue weighted by Crippen LogP contribution is -2.43. The minimum atomic E-state index is -0.160. The van der Waals surface area contributed by atoms with Crippen LogP contribution in [0.2, 0.25) is 0 Å². The maximum Gasteiger partial charge on any atom is 0.158 e. The van der Waals surface area contributed by atoms with Crippen LogP contribution in [0.15, 0.2) is 0 Å². The number of nitrogens with zero attached hydrogens (tertiary/aromatic N) is 2. The monoisotopic (exact) mass is 259 g/mol. The van der Waals surface area contributed by atoms with Gasteiger partial charge in [0.05, 0.1) is 0 Å². The van der Waals surface area contributed by atoms with E-state index in [2.05, 4.69) is 23.9 Å². The van der Waals surface area contributed by atoms with E-state index in [1.54, 1.807) is 14.2 Å². The molecule has 0 saturated carbocycles. The summed E-state index contributed by atoms with van der Waals surface area (Å²) in [5.74, 6) is 0.762. The van der Waals surface area contributed by atoms with Crippen LogP contribution in [0.4, 0.5) is 0 Å². The van der Waals surface area contributed by atoms with Crippen molar-refractivity contribution in [2.45, 2.75) is 25.2 Å². The van der Waals surface area contributed by atoms with E-state index in [0.717, 1.165) is 18.9 Å². The molecule has 0 amide bonds. The highest BCUT2D eigenvalue weighted by Crippen LogP contribution is 2.17. The Kier molecular flexibility index (Phi) is 7.11. The van der Waals surface area contributed by atoms with Gasteiger partial charge in [0.15, 0.2) is 6.29 Å². The van der Waals surface area contributed by atoms with Gasteiger partial charge in [0.25, 0.3) is 0 Å². The number of nitrogens with two attached hydrogens (primary N) is 1. The number of likely N-dealkylation sites (N-methyl/N-ethyl adjacent to an activating group) is 1. The van der Waals surface area contributed by atoms with Gasteiger partial charge in [0.1, 0.15) is 0 Å². The molecule has 1 fully saturated rings. The third-order valence-corrected chi connectivity index (χ3v) is 3.92. The van der Waals surface area contributed by atoms with Crippen LogP contribution < -0.4 is 5.73 Å². The SMILES string of the molecule is COC(CC(CN)N(C)CC1CCN(C)C1)OC. The van der Waals surface area contributed by atoms with Crippen molar-refractivity contribution in [1.29, 1.82) is 0 Å². The predicted octanol–water partition coefficient (Wildman–Crippen LogP) is 0.206. The predicted molar refractivity (Wildman–Crippen MR) is 73.5 cm³/mol. The molecule has 0 radical (unpaired) electrons. The zero-order chi connectivity index (χ0) is 13.5. The third-order valence-electron chi connectivity index (χ3n) is 3.92. The van der Waals surface area contributed by atoms with E-state index in [9.17, 15) is 0 Å². The fraction of sp³-hybridized carbons (Fsp3) is 1.00. The fourth-order valence-electron chi connectivity index (χ4n) is 2.70.